The molecule has 41 heavy (non-hydrogen) atoms. The molecule has 0 saturated carbocycles. The predicted octanol–water partition coefficient (Wildman–Crippen LogP) is 7.71. The average Bonchev–Trinajstić information content (AvgIpc) is 3.20. The van der Waals surface area contributed by atoms with E-state index >= 15 is 0 Å². The van der Waals surface area contributed by atoms with Crippen molar-refractivity contribution in [1.29, 1.82) is 0 Å². The molecular weight excluding hydrogens is 514 g/mol. The molecule has 3 aromatic rings. The number of benzene rings is 3. The van der Waals surface area contributed by atoms with Crippen LogP contribution in [0.15, 0.2) is 72.3 Å². The normalized spacial score (nSPS) is 17.2. The van der Waals surface area contributed by atoms with Gasteiger partial charge in [-0.3, -0.25) is 14.5 Å². The van der Waals surface area contributed by atoms with Crippen LogP contribution in [0.3, 0.4) is 0 Å². The summed E-state index contributed by atoms with van der Waals surface area (Å²) in [6, 6.07) is 19.6. The van der Waals surface area contributed by atoms with Gasteiger partial charge in [0.2, 0.25) is 0 Å². The smallest absolute Gasteiger partial charge is 0.300 e. The fraction of sp³-hybridized carbons (Fsp3) is 0.371. The van der Waals surface area contributed by atoms with Crippen LogP contribution in [-0.2, 0) is 20.4 Å². The molecule has 1 saturated heterocycles. The van der Waals surface area contributed by atoms with E-state index in [2.05, 4.69) is 41.5 Å². The van der Waals surface area contributed by atoms with E-state index in [0.717, 1.165) is 17.5 Å². The minimum atomic E-state index is -0.851. The van der Waals surface area contributed by atoms with Gasteiger partial charge in [0.25, 0.3) is 11.7 Å². The maximum absolute atomic E-state index is 13.8. The van der Waals surface area contributed by atoms with Gasteiger partial charge in [0.15, 0.2) is 0 Å². The van der Waals surface area contributed by atoms with Crippen LogP contribution in [0.1, 0.15) is 83.2 Å². The minimum absolute atomic E-state index is 0.0360. The van der Waals surface area contributed by atoms with E-state index in [0.29, 0.717) is 34.9 Å². The quantitative estimate of drug-likeness (QED) is 0.184. The number of aliphatic hydroxyl groups excluding tert-OH is 1. The number of amides is 1. The highest BCUT2D eigenvalue weighted by Crippen LogP contribution is 2.46. The number of hydrogen-bond donors (Lipinski definition) is 1. The zero-order chi connectivity index (χ0) is 30.1. The van der Waals surface area contributed by atoms with Gasteiger partial charge in [0, 0.05) is 11.1 Å². The molecule has 6 nitrogen and oxygen atoms in total. The number of nitrogens with zero attached hydrogens (tertiary/aromatic N) is 1. The number of carbonyl (C=O) groups excluding carboxylic acids is 2. The lowest BCUT2D eigenvalue weighted by Gasteiger charge is -2.28. The van der Waals surface area contributed by atoms with Gasteiger partial charge in [-0.2, -0.15) is 0 Å². The number of ether oxygens (including phenoxy) is 2. The number of rotatable bonds is 7. The van der Waals surface area contributed by atoms with E-state index in [-0.39, 0.29) is 22.2 Å². The van der Waals surface area contributed by atoms with Crippen molar-refractivity contribution in [1.82, 2.24) is 0 Å². The predicted molar refractivity (Wildman–Crippen MR) is 164 cm³/mol. The second-order valence-corrected chi connectivity index (χ2v) is 12.5. The first-order chi connectivity index (χ1) is 19.3. The zero-order valence-corrected chi connectivity index (χ0v) is 25.4. The fourth-order valence-electron chi connectivity index (χ4n) is 5.15. The highest BCUT2D eigenvalue weighted by molar-refractivity contribution is 6.52. The average molecular weight is 556 g/mol. The van der Waals surface area contributed by atoms with Crippen LogP contribution in [0.4, 0.5) is 5.69 Å². The number of anilines is 1. The molecule has 6 heteroatoms. The summed E-state index contributed by atoms with van der Waals surface area (Å²) in [4.78, 5) is 29.0. The second kappa shape index (κ2) is 11.4. The summed E-state index contributed by atoms with van der Waals surface area (Å²) in [5.41, 5.74) is 3.32. The van der Waals surface area contributed by atoms with Gasteiger partial charge in [-0.25, -0.2) is 0 Å². The molecule has 1 heterocycles. The number of carbonyl (C=O) groups is 2. The van der Waals surface area contributed by atoms with Gasteiger partial charge in [-0.05, 0) is 58.7 Å². The van der Waals surface area contributed by atoms with Crippen molar-refractivity contribution in [2.45, 2.75) is 71.8 Å². The van der Waals surface area contributed by atoms with Crippen molar-refractivity contribution in [3.8, 4) is 11.5 Å². The number of hydrogen-bond acceptors (Lipinski definition) is 5. The molecule has 1 aliphatic rings. The lowest BCUT2D eigenvalue weighted by atomic mass is 9.84. The van der Waals surface area contributed by atoms with Crippen LogP contribution in [0.2, 0.25) is 0 Å². The molecule has 3 aromatic carbocycles. The third-order valence-corrected chi connectivity index (χ3v) is 7.40. The zero-order valence-electron chi connectivity index (χ0n) is 25.4. The van der Waals surface area contributed by atoms with Crippen molar-refractivity contribution in [2.24, 2.45) is 0 Å². The summed E-state index contributed by atoms with van der Waals surface area (Å²) in [5, 5.41) is 11.8. The van der Waals surface area contributed by atoms with E-state index in [1.165, 1.54) is 4.90 Å². The van der Waals surface area contributed by atoms with Crippen LogP contribution in [-0.4, -0.2) is 30.5 Å². The number of methoxy groups -OCH3 is 1. The molecule has 0 spiro atoms. The first-order valence-electron chi connectivity index (χ1n) is 14.1. The van der Waals surface area contributed by atoms with Gasteiger partial charge in [0.1, 0.15) is 17.3 Å². The number of Topliss-reactive ketones (excluding diaryl/α,β-unsaturated/α-hetero) is 1. The third-order valence-electron chi connectivity index (χ3n) is 7.40. The van der Waals surface area contributed by atoms with E-state index in [9.17, 15) is 14.7 Å². The highest BCUT2D eigenvalue weighted by atomic mass is 16.5. The molecule has 1 atom stereocenters. The SMILES string of the molecule is CCCOc1ccccc1N1C(=O)C(=O)/C(=C(\O)c2ccc(OC)c(C(C)(C)C)c2)C1c1ccc(C(C)(C)C)cc1. The lowest BCUT2D eigenvalue weighted by Crippen LogP contribution is -2.30. The molecule has 0 radical (unpaired) electrons. The summed E-state index contributed by atoms with van der Waals surface area (Å²) >= 11 is 0. The first-order valence-corrected chi connectivity index (χ1v) is 14.1. The van der Waals surface area contributed by atoms with Gasteiger partial charge < -0.3 is 14.6 Å². The second-order valence-electron chi connectivity index (χ2n) is 12.5. The summed E-state index contributed by atoms with van der Waals surface area (Å²) in [6.45, 7) is 15.0. The van der Waals surface area contributed by atoms with Crippen molar-refractivity contribution < 1.29 is 24.2 Å². The van der Waals surface area contributed by atoms with Crippen molar-refractivity contribution in [3.05, 3.63) is 94.6 Å². The first kappa shape index (κ1) is 29.9. The topological polar surface area (TPSA) is 76.1 Å². The molecule has 1 amide bonds. The van der Waals surface area contributed by atoms with Crippen molar-refractivity contribution >= 4 is 23.1 Å². The maximum atomic E-state index is 13.8. The Bertz CT molecular complexity index is 1470. The molecule has 4 rings (SSSR count). The van der Waals surface area contributed by atoms with Gasteiger partial charge >= 0.3 is 0 Å². The number of aliphatic hydroxyl groups is 1. The monoisotopic (exact) mass is 555 g/mol. The summed E-state index contributed by atoms with van der Waals surface area (Å²) < 4.78 is 11.6. The molecule has 0 bridgehead atoms. The van der Waals surface area contributed by atoms with Gasteiger partial charge in [-0.1, -0.05) is 84.9 Å². The summed E-state index contributed by atoms with van der Waals surface area (Å²) in [7, 11) is 1.61. The Morgan fingerprint density at radius 2 is 1.54 bits per heavy atom. The van der Waals surface area contributed by atoms with E-state index < -0.39 is 17.7 Å². The van der Waals surface area contributed by atoms with E-state index in [4.69, 9.17) is 9.47 Å². The Morgan fingerprint density at radius 3 is 2.12 bits per heavy atom. The standard InChI is InChI=1S/C35H41NO5/c1-9-20-41-28-13-11-10-12-26(28)36-30(22-14-17-24(18-15-22)34(2,3)4)29(32(38)33(36)39)31(37)23-16-19-27(40-8)25(21-23)35(5,6)7/h10-19,21,30,37H,9,20H2,1-8H3/b31-29-. The third kappa shape index (κ3) is 5.88. The van der Waals surface area contributed by atoms with E-state index in [1.807, 2.05) is 49.4 Å². The molecule has 1 fully saturated rings. The highest BCUT2D eigenvalue weighted by Gasteiger charge is 2.48. The number of ketones is 1. The number of para-hydroxylation sites is 2. The van der Waals surface area contributed by atoms with Crippen LogP contribution >= 0.6 is 0 Å². The Balaban J connectivity index is 1.97. The Morgan fingerprint density at radius 1 is 0.878 bits per heavy atom. The van der Waals surface area contributed by atoms with Crippen LogP contribution in [0.25, 0.3) is 5.76 Å². The molecule has 1 unspecified atom stereocenters. The minimum Gasteiger partial charge on any atom is -0.507 e. The Kier molecular flexibility index (Phi) is 8.34. The van der Waals surface area contributed by atoms with Crippen LogP contribution < -0.4 is 14.4 Å². The van der Waals surface area contributed by atoms with Gasteiger partial charge in [0.05, 0.1) is 31.0 Å². The van der Waals surface area contributed by atoms with Crippen molar-refractivity contribution in [2.75, 3.05) is 18.6 Å². The van der Waals surface area contributed by atoms with Crippen molar-refractivity contribution in [3.63, 3.8) is 0 Å². The molecular formula is C35H41NO5. The Hall–Kier alpha value is -4.06. The van der Waals surface area contributed by atoms with Crippen LogP contribution in [0.5, 0.6) is 11.5 Å². The van der Waals surface area contributed by atoms with Gasteiger partial charge in [-0.15, -0.1) is 0 Å². The summed E-state index contributed by atoms with van der Waals surface area (Å²) in [6.07, 6.45) is 0.790. The Labute approximate surface area is 243 Å². The fourth-order valence-corrected chi connectivity index (χ4v) is 5.15. The summed E-state index contributed by atoms with van der Waals surface area (Å²) in [5.74, 6) is -0.493. The largest absolute Gasteiger partial charge is 0.507 e. The van der Waals surface area contributed by atoms with E-state index in [1.54, 1.807) is 31.4 Å². The molecule has 1 aliphatic heterocycles. The lowest BCUT2D eigenvalue weighted by molar-refractivity contribution is -0.132. The molecule has 216 valence electrons. The molecule has 0 aromatic heterocycles. The molecule has 1 N–H and O–H groups in total. The van der Waals surface area contributed by atoms with Crippen LogP contribution in [0, 0.1) is 0 Å². The molecule has 0 aliphatic carbocycles. The maximum Gasteiger partial charge on any atom is 0.300 e.